The first-order valence-electron chi connectivity index (χ1n) is 4.46. The zero-order chi connectivity index (χ0) is 10.8. The number of pyridine rings is 1. The highest BCUT2D eigenvalue weighted by Crippen LogP contribution is 2.16. The predicted octanol–water partition coefficient (Wildman–Crippen LogP) is 0.902. The summed E-state index contributed by atoms with van der Waals surface area (Å²) in [5.74, 6) is -1.07. The molecule has 0 aliphatic heterocycles. The summed E-state index contributed by atoms with van der Waals surface area (Å²) in [6, 6.07) is 3.58. The zero-order valence-corrected chi connectivity index (χ0v) is 8.32. The van der Waals surface area contributed by atoms with Crippen LogP contribution in [0.25, 0.3) is 0 Å². The number of aryl methyl sites for hydroxylation is 1. The van der Waals surface area contributed by atoms with Crippen LogP contribution in [0.5, 0.6) is 0 Å². The number of carbonyl (C=O) groups is 1. The third-order valence-electron chi connectivity index (χ3n) is 2.21. The highest BCUT2D eigenvalue weighted by atomic mass is 16.4. The number of hydrogen-bond acceptors (Lipinski definition) is 3. The average Bonchev–Trinajstić information content (AvgIpc) is 2.17. The second-order valence-electron chi connectivity index (χ2n) is 3.41. The smallest absolute Gasteiger partial charge is 0.329 e. The minimum absolute atomic E-state index is 0.393. The fourth-order valence-corrected chi connectivity index (χ4v) is 1.09. The Morgan fingerprint density at radius 3 is 2.86 bits per heavy atom. The van der Waals surface area contributed by atoms with Gasteiger partial charge in [-0.1, -0.05) is 6.92 Å². The predicted molar refractivity (Wildman–Crippen MR) is 52.8 cm³/mol. The lowest BCUT2D eigenvalue weighted by molar-refractivity contribution is -0.143. The molecule has 0 saturated carbocycles. The summed E-state index contributed by atoms with van der Waals surface area (Å²) in [5, 5.41) is 8.89. The Morgan fingerprint density at radius 1 is 1.71 bits per heavy atom. The molecule has 0 spiro atoms. The van der Waals surface area contributed by atoms with E-state index in [-0.39, 0.29) is 0 Å². The van der Waals surface area contributed by atoms with Gasteiger partial charge in [0.05, 0.1) is 5.69 Å². The van der Waals surface area contributed by atoms with Crippen LogP contribution in [0.2, 0.25) is 0 Å². The first-order valence-corrected chi connectivity index (χ1v) is 4.46. The van der Waals surface area contributed by atoms with Crippen molar-refractivity contribution in [2.45, 2.75) is 25.8 Å². The van der Waals surface area contributed by atoms with Crippen molar-refractivity contribution in [2.24, 2.45) is 5.73 Å². The van der Waals surface area contributed by atoms with Gasteiger partial charge in [0.2, 0.25) is 0 Å². The first-order chi connectivity index (χ1) is 6.48. The maximum Gasteiger partial charge on any atom is 0.329 e. The summed E-state index contributed by atoms with van der Waals surface area (Å²) in [6.07, 6.45) is 2.42. The molecule has 0 bridgehead atoms. The van der Waals surface area contributed by atoms with Crippen LogP contribution in [-0.2, 0) is 16.8 Å². The van der Waals surface area contributed by atoms with Gasteiger partial charge in [-0.15, -0.1) is 0 Å². The second-order valence-corrected chi connectivity index (χ2v) is 3.41. The molecule has 76 valence electrons. The van der Waals surface area contributed by atoms with Crippen LogP contribution in [0, 0.1) is 0 Å². The van der Waals surface area contributed by atoms with Crippen LogP contribution in [0.1, 0.15) is 25.1 Å². The summed E-state index contributed by atoms with van der Waals surface area (Å²) >= 11 is 0. The molecule has 4 nitrogen and oxygen atoms in total. The van der Waals surface area contributed by atoms with E-state index in [0.717, 1.165) is 12.0 Å². The molecule has 4 heteroatoms. The number of nitrogens with two attached hydrogens (primary N) is 1. The van der Waals surface area contributed by atoms with Gasteiger partial charge in [0.1, 0.15) is 0 Å². The molecule has 0 radical (unpaired) electrons. The summed E-state index contributed by atoms with van der Waals surface area (Å²) in [4.78, 5) is 14.8. The molecule has 0 amide bonds. The maximum absolute atomic E-state index is 10.9. The van der Waals surface area contributed by atoms with E-state index in [1.165, 1.54) is 6.92 Å². The van der Waals surface area contributed by atoms with Crippen molar-refractivity contribution in [1.29, 1.82) is 0 Å². The number of hydrogen-bond donors (Lipinski definition) is 2. The van der Waals surface area contributed by atoms with Crippen LogP contribution in [0.4, 0.5) is 0 Å². The Kier molecular flexibility index (Phi) is 2.86. The molecular weight excluding hydrogens is 180 g/mol. The molecule has 0 aliphatic carbocycles. The van der Waals surface area contributed by atoms with E-state index in [4.69, 9.17) is 10.8 Å². The monoisotopic (exact) mass is 194 g/mol. The van der Waals surface area contributed by atoms with Crippen molar-refractivity contribution in [3.8, 4) is 0 Å². The Morgan fingerprint density at radius 2 is 2.36 bits per heavy atom. The molecule has 0 fully saturated rings. The van der Waals surface area contributed by atoms with Crippen LogP contribution in [-0.4, -0.2) is 16.1 Å². The number of aromatic nitrogens is 1. The second kappa shape index (κ2) is 3.75. The summed E-state index contributed by atoms with van der Waals surface area (Å²) in [5.41, 5.74) is 5.66. The number of carboxylic acids is 1. The Bertz CT molecular complexity index is 348. The summed E-state index contributed by atoms with van der Waals surface area (Å²) in [7, 11) is 0. The fraction of sp³-hybridized carbons (Fsp3) is 0.400. The summed E-state index contributed by atoms with van der Waals surface area (Å²) in [6.45, 7) is 3.44. The SMILES string of the molecule is CCc1ccnc([C@@](C)(N)C(=O)O)c1. The molecule has 0 aliphatic rings. The molecular formula is C10H14N2O2. The van der Waals surface area contributed by atoms with Gasteiger partial charge in [0, 0.05) is 6.20 Å². The Balaban J connectivity index is 3.12. The molecule has 0 saturated heterocycles. The van der Waals surface area contributed by atoms with Crippen molar-refractivity contribution < 1.29 is 9.90 Å². The largest absolute Gasteiger partial charge is 0.480 e. The van der Waals surface area contributed by atoms with Gasteiger partial charge >= 0.3 is 5.97 Å². The normalized spacial score (nSPS) is 14.8. The van der Waals surface area contributed by atoms with Gasteiger partial charge in [0.15, 0.2) is 5.54 Å². The molecule has 1 atom stereocenters. The molecule has 1 rings (SSSR count). The molecule has 1 aromatic heterocycles. The van der Waals surface area contributed by atoms with Gasteiger partial charge in [-0.05, 0) is 31.0 Å². The minimum Gasteiger partial charge on any atom is -0.480 e. The van der Waals surface area contributed by atoms with Crippen molar-refractivity contribution in [3.63, 3.8) is 0 Å². The van der Waals surface area contributed by atoms with Gasteiger partial charge in [-0.2, -0.15) is 0 Å². The lowest BCUT2D eigenvalue weighted by atomic mass is 9.97. The van der Waals surface area contributed by atoms with Crippen LogP contribution >= 0.6 is 0 Å². The van der Waals surface area contributed by atoms with Crippen LogP contribution in [0.15, 0.2) is 18.3 Å². The third kappa shape index (κ3) is 1.90. The number of nitrogens with zero attached hydrogens (tertiary/aromatic N) is 1. The fourth-order valence-electron chi connectivity index (χ4n) is 1.09. The Labute approximate surface area is 82.8 Å². The van der Waals surface area contributed by atoms with E-state index >= 15 is 0 Å². The average molecular weight is 194 g/mol. The van der Waals surface area contributed by atoms with Crippen LogP contribution in [0.3, 0.4) is 0 Å². The zero-order valence-electron chi connectivity index (χ0n) is 8.32. The number of aliphatic carboxylic acids is 1. The van der Waals surface area contributed by atoms with Gasteiger partial charge in [-0.25, -0.2) is 4.79 Å². The van der Waals surface area contributed by atoms with Gasteiger partial charge in [-0.3, -0.25) is 4.98 Å². The molecule has 14 heavy (non-hydrogen) atoms. The molecule has 3 N–H and O–H groups in total. The number of carboxylic acid groups (broad SMARTS) is 1. The van der Waals surface area contributed by atoms with Crippen LogP contribution < -0.4 is 5.73 Å². The Hall–Kier alpha value is -1.42. The van der Waals surface area contributed by atoms with Gasteiger partial charge < -0.3 is 10.8 Å². The van der Waals surface area contributed by atoms with E-state index in [0.29, 0.717) is 5.69 Å². The van der Waals surface area contributed by atoms with Crippen molar-refractivity contribution >= 4 is 5.97 Å². The van der Waals surface area contributed by atoms with Crippen molar-refractivity contribution in [1.82, 2.24) is 4.98 Å². The maximum atomic E-state index is 10.9. The lowest BCUT2D eigenvalue weighted by Crippen LogP contribution is -2.42. The molecule has 1 heterocycles. The molecule has 0 unspecified atom stereocenters. The molecule has 1 aromatic rings. The summed E-state index contributed by atoms with van der Waals surface area (Å²) < 4.78 is 0. The molecule has 0 aromatic carbocycles. The first kappa shape index (κ1) is 10.7. The topological polar surface area (TPSA) is 76.2 Å². The third-order valence-corrected chi connectivity index (χ3v) is 2.21. The van der Waals surface area contributed by atoms with E-state index in [2.05, 4.69) is 4.98 Å². The highest BCUT2D eigenvalue weighted by molar-refractivity contribution is 5.79. The van der Waals surface area contributed by atoms with Crippen molar-refractivity contribution in [3.05, 3.63) is 29.6 Å². The lowest BCUT2D eigenvalue weighted by Gasteiger charge is -2.18. The standard InChI is InChI=1S/C10H14N2O2/c1-3-7-4-5-12-8(6-7)10(2,11)9(13)14/h4-6H,3,11H2,1-2H3,(H,13,14)/t10-/m1/s1. The quantitative estimate of drug-likeness (QED) is 0.749. The van der Waals surface area contributed by atoms with E-state index in [1.807, 2.05) is 13.0 Å². The van der Waals surface area contributed by atoms with E-state index in [1.54, 1.807) is 12.3 Å². The number of rotatable bonds is 3. The minimum atomic E-state index is -1.41. The van der Waals surface area contributed by atoms with Gasteiger partial charge in [0.25, 0.3) is 0 Å². The highest BCUT2D eigenvalue weighted by Gasteiger charge is 2.31. The van der Waals surface area contributed by atoms with E-state index < -0.39 is 11.5 Å². The van der Waals surface area contributed by atoms with E-state index in [9.17, 15) is 4.79 Å². The van der Waals surface area contributed by atoms with Crippen molar-refractivity contribution in [2.75, 3.05) is 0 Å².